The van der Waals surface area contributed by atoms with E-state index in [9.17, 15) is 0 Å². The number of hydrogen-bond acceptors (Lipinski definition) is 3. The highest BCUT2D eigenvalue weighted by atomic mass is 127. The lowest BCUT2D eigenvalue weighted by Crippen LogP contribution is -1.96. The summed E-state index contributed by atoms with van der Waals surface area (Å²) >= 11 is 2.29. The first kappa shape index (κ1) is 13.1. The van der Waals surface area contributed by atoms with Crippen LogP contribution in [-0.4, -0.2) is 0 Å². The van der Waals surface area contributed by atoms with Gasteiger partial charge < -0.3 is 15.5 Å². The molecule has 0 bridgehead atoms. The van der Waals surface area contributed by atoms with Gasteiger partial charge in [-0.3, -0.25) is 0 Å². The van der Waals surface area contributed by atoms with Crippen LogP contribution in [0.4, 0.5) is 17.1 Å². The lowest BCUT2D eigenvalue weighted by molar-refractivity contribution is 0.568. The van der Waals surface area contributed by atoms with E-state index in [2.05, 4.69) is 40.0 Å². The second kappa shape index (κ2) is 5.58. The summed E-state index contributed by atoms with van der Waals surface area (Å²) in [6.45, 7) is 0. The van der Waals surface area contributed by atoms with Gasteiger partial charge in [0.05, 0.1) is 23.9 Å². The summed E-state index contributed by atoms with van der Waals surface area (Å²) in [6, 6.07) is 16.0. The molecule has 0 aliphatic carbocycles. The fraction of sp³-hybridized carbons (Fsp3) is 0. The van der Waals surface area contributed by atoms with E-state index in [0.29, 0.717) is 5.69 Å². The number of benzene rings is 2. The molecule has 2 aromatic carbocycles. The van der Waals surface area contributed by atoms with Gasteiger partial charge in [-0.1, -0.05) is 12.1 Å². The van der Waals surface area contributed by atoms with Gasteiger partial charge in [0, 0.05) is 14.8 Å². The van der Waals surface area contributed by atoms with Crippen molar-refractivity contribution >= 4 is 39.7 Å². The number of furan rings is 1. The second-order valence-electron chi connectivity index (χ2n) is 4.45. The molecular formula is C16H13IN2O. The van der Waals surface area contributed by atoms with Gasteiger partial charge >= 0.3 is 0 Å². The highest BCUT2D eigenvalue weighted by Crippen LogP contribution is 2.29. The summed E-state index contributed by atoms with van der Waals surface area (Å²) in [5.74, 6) is 0. The van der Waals surface area contributed by atoms with Gasteiger partial charge in [-0.05, 0) is 64.6 Å². The highest BCUT2D eigenvalue weighted by molar-refractivity contribution is 14.1. The maximum Gasteiger partial charge on any atom is 0.0980 e. The molecule has 0 unspecified atom stereocenters. The van der Waals surface area contributed by atoms with Crippen LogP contribution in [0.2, 0.25) is 0 Å². The van der Waals surface area contributed by atoms with E-state index in [1.807, 2.05) is 36.4 Å². The van der Waals surface area contributed by atoms with Gasteiger partial charge in [-0.2, -0.15) is 0 Å². The van der Waals surface area contributed by atoms with E-state index < -0.39 is 0 Å². The zero-order valence-electron chi connectivity index (χ0n) is 10.6. The molecule has 0 radical (unpaired) electrons. The van der Waals surface area contributed by atoms with E-state index in [-0.39, 0.29) is 0 Å². The van der Waals surface area contributed by atoms with Crippen molar-refractivity contribution in [1.29, 1.82) is 0 Å². The molecule has 0 aliphatic rings. The molecule has 1 aromatic heterocycles. The Labute approximate surface area is 130 Å². The van der Waals surface area contributed by atoms with Gasteiger partial charge in [0.2, 0.25) is 0 Å². The van der Waals surface area contributed by atoms with Crippen LogP contribution >= 0.6 is 22.6 Å². The summed E-state index contributed by atoms with van der Waals surface area (Å²) in [7, 11) is 0. The molecule has 0 amide bonds. The Morgan fingerprint density at radius 3 is 2.60 bits per heavy atom. The number of rotatable bonds is 3. The quantitative estimate of drug-likeness (QED) is 0.506. The van der Waals surface area contributed by atoms with E-state index in [4.69, 9.17) is 10.2 Å². The topological polar surface area (TPSA) is 51.2 Å². The molecule has 3 aromatic rings. The van der Waals surface area contributed by atoms with Gasteiger partial charge in [-0.25, -0.2) is 0 Å². The molecule has 0 saturated heterocycles. The Morgan fingerprint density at radius 1 is 1.00 bits per heavy atom. The van der Waals surface area contributed by atoms with Crippen LogP contribution < -0.4 is 11.1 Å². The van der Waals surface area contributed by atoms with Crippen molar-refractivity contribution in [3.05, 3.63) is 64.6 Å². The van der Waals surface area contributed by atoms with Crippen molar-refractivity contribution < 1.29 is 4.42 Å². The Morgan fingerprint density at radius 2 is 1.90 bits per heavy atom. The summed E-state index contributed by atoms with van der Waals surface area (Å²) < 4.78 is 6.27. The predicted molar refractivity (Wildman–Crippen MR) is 91.0 cm³/mol. The molecule has 0 atom stereocenters. The molecule has 3 N–H and O–H groups in total. The van der Waals surface area contributed by atoms with E-state index >= 15 is 0 Å². The molecule has 0 spiro atoms. The van der Waals surface area contributed by atoms with Gasteiger partial charge in [-0.15, -0.1) is 0 Å². The van der Waals surface area contributed by atoms with E-state index in [0.717, 1.165) is 22.5 Å². The van der Waals surface area contributed by atoms with Crippen LogP contribution in [0.5, 0.6) is 0 Å². The van der Waals surface area contributed by atoms with Crippen molar-refractivity contribution in [2.24, 2.45) is 0 Å². The van der Waals surface area contributed by atoms with Crippen LogP contribution in [-0.2, 0) is 0 Å². The lowest BCUT2D eigenvalue weighted by Gasteiger charge is -2.11. The lowest BCUT2D eigenvalue weighted by atomic mass is 10.1. The summed E-state index contributed by atoms with van der Waals surface area (Å²) in [5.41, 5.74) is 10.8. The zero-order valence-corrected chi connectivity index (χ0v) is 12.8. The number of nitrogen functional groups attached to an aromatic ring is 1. The molecule has 3 rings (SSSR count). The standard InChI is InChI=1S/C16H13IN2O/c17-13-2-1-3-14(9-13)19-16-5-4-11(8-15(16)18)12-6-7-20-10-12/h1-10,19H,18H2. The third-order valence-corrected chi connectivity index (χ3v) is 3.68. The molecule has 0 fully saturated rings. The monoisotopic (exact) mass is 376 g/mol. The number of nitrogens with one attached hydrogen (secondary N) is 1. The van der Waals surface area contributed by atoms with E-state index in [1.165, 1.54) is 3.57 Å². The number of anilines is 3. The Kier molecular flexibility index (Phi) is 3.64. The third kappa shape index (κ3) is 2.80. The average molecular weight is 376 g/mol. The second-order valence-corrected chi connectivity index (χ2v) is 5.70. The molecule has 20 heavy (non-hydrogen) atoms. The summed E-state index contributed by atoms with van der Waals surface area (Å²) in [5, 5.41) is 3.33. The molecular weight excluding hydrogens is 363 g/mol. The Balaban J connectivity index is 1.88. The summed E-state index contributed by atoms with van der Waals surface area (Å²) in [4.78, 5) is 0. The normalized spacial score (nSPS) is 10.4. The Hall–Kier alpha value is -1.95. The predicted octanol–water partition coefficient (Wildman–Crippen LogP) is 4.88. The highest BCUT2D eigenvalue weighted by Gasteiger charge is 2.04. The van der Waals surface area contributed by atoms with Crippen molar-refractivity contribution in [2.75, 3.05) is 11.1 Å². The zero-order chi connectivity index (χ0) is 13.9. The largest absolute Gasteiger partial charge is 0.472 e. The molecule has 0 saturated carbocycles. The van der Waals surface area contributed by atoms with Crippen LogP contribution in [0.3, 0.4) is 0 Å². The van der Waals surface area contributed by atoms with Crippen LogP contribution in [0.1, 0.15) is 0 Å². The minimum absolute atomic E-state index is 0.711. The first-order valence-electron chi connectivity index (χ1n) is 6.17. The van der Waals surface area contributed by atoms with Crippen molar-refractivity contribution in [1.82, 2.24) is 0 Å². The molecule has 0 aliphatic heterocycles. The van der Waals surface area contributed by atoms with Gasteiger partial charge in [0.15, 0.2) is 0 Å². The fourth-order valence-electron chi connectivity index (χ4n) is 2.01. The molecule has 4 heteroatoms. The Bertz CT molecular complexity index is 723. The number of halogens is 1. The minimum atomic E-state index is 0.711. The average Bonchev–Trinajstić information content (AvgIpc) is 2.95. The molecule has 1 heterocycles. The maximum absolute atomic E-state index is 6.12. The van der Waals surface area contributed by atoms with Crippen molar-refractivity contribution in [3.63, 3.8) is 0 Å². The van der Waals surface area contributed by atoms with Crippen LogP contribution in [0.25, 0.3) is 11.1 Å². The molecule has 3 nitrogen and oxygen atoms in total. The fourth-order valence-corrected chi connectivity index (χ4v) is 2.55. The van der Waals surface area contributed by atoms with Crippen LogP contribution in [0.15, 0.2) is 65.5 Å². The summed E-state index contributed by atoms with van der Waals surface area (Å²) in [6.07, 6.45) is 3.37. The van der Waals surface area contributed by atoms with Crippen molar-refractivity contribution in [2.45, 2.75) is 0 Å². The third-order valence-electron chi connectivity index (χ3n) is 3.01. The number of nitrogens with two attached hydrogens (primary N) is 1. The van der Waals surface area contributed by atoms with E-state index in [1.54, 1.807) is 12.5 Å². The van der Waals surface area contributed by atoms with Crippen molar-refractivity contribution in [3.8, 4) is 11.1 Å². The number of hydrogen-bond donors (Lipinski definition) is 2. The van der Waals surface area contributed by atoms with Crippen LogP contribution in [0, 0.1) is 3.57 Å². The maximum atomic E-state index is 6.12. The molecule has 100 valence electrons. The minimum Gasteiger partial charge on any atom is -0.472 e. The van der Waals surface area contributed by atoms with Gasteiger partial charge in [0.1, 0.15) is 0 Å². The SMILES string of the molecule is Nc1cc(-c2ccoc2)ccc1Nc1cccc(I)c1. The first-order valence-corrected chi connectivity index (χ1v) is 7.25. The first-order chi connectivity index (χ1) is 9.72. The smallest absolute Gasteiger partial charge is 0.0980 e. The van der Waals surface area contributed by atoms with Gasteiger partial charge in [0.25, 0.3) is 0 Å².